The third-order valence-corrected chi connectivity index (χ3v) is 1.86. The highest BCUT2D eigenvalue weighted by Crippen LogP contribution is 2.12. The summed E-state index contributed by atoms with van der Waals surface area (Å²) in [6.07, 6.45) is 0. The van der Waals surface area contributed by atoms with Crippen molar-refractivity contribution in [3.63, 3.8) is 0 Å². The molecular weight excluding hydrogens is 198 g/mol. The Balaban J connectivity index is 2.58. The number of anilines is 1. The number of hydrogen-bond acceptors (Lipinski definition) is 2. The maximum atomic E-state index is 5.65. The summed E-state index contributed by atoms with van der Waals surface area (Å²) in [7, 11) is 1.68. The van der Waals surface area contributed by atoms with Crippen LogP contribution in [0.2, 0.25) is 0 Å². The Bertz CT molecular complexity index is 312. The molecule has 0 aromatic heterocycles. The molecule has 3 heteroatoms. The summed E-state index contributed by atoms with van der Waals surface area (Å²) in [6.45, 7) is 4.81. The van der Waals surface area contributed by atoms with E-state index in [-0.39, 0.29) is 0 Å². The van der Waals surface area contributed by atoms with Crippen molar-refractivity contribution in [2.24, 2.45) is 0 Å². The fraction of sp³-hybridized carbons (Fsp3) is 0.273. The van der Waals surface area contributed by atoms with Crippen molar-refractivity contribution in [1.29, 1.82) is 0 Å². The number of nitrogens with one attached hydrogen (secondary N) is 1. The zero-order chi connectivity index (χ0) is 10.4. The second kappa shape index (κ2) is 5.68. The van der Waals surface area contributed by atoms with E-state index < -0.39 is 0 Å². The van der Waals surface area contributed by atoms with Gasteiger partial charge in [-0.1, -0.05) is 30.3 Å². The summed E-state index contributed by atoms with van der Waals surface area (Å²) >= 11 is 5.65. The van der Waals surface area contributed by atoms with Gasteiger partial charge in [0.1, 0.15) is 0 Å². The molecule has 1 N–H and O–H groups in total. The molecule has 0 aliphatic heterocycles. The highest BCUT2D eigenvalue weighted by molar-refractivity contribution is 6.29. The quantitative estimate of drug-likeness (QED) is 0.809. The summed E-state index contributed by atoms with van der Waals surface area (Å²) < 4.78 is 5.04. The predicted octanol–water partition coefficient (Wildman–Crippen LogP) is 3.00. The summed E-state index contributed by atoms with van der Waals surface area (Å²) in [5.74, 6) is 0. The zero-order valence-electron chi connectivity index (χ0n) is 8.22. The second-order valence-electron chi connectivity index (χ2n) is 3.00. The van der Waals surface area contributed by atoms with Crippen molar-refractivity contribution >= 4 is 17.3 Å². The minimum atomic E-state index is 0.581. The van der Waals surface area contributed by atoms with Gasteiger partial charge < -0.3 is 10.1 Å². The van der Waals surface area contributed by atoms with E-state index in [1.807, 2.05) is 24.3 Å². The van der Waals surface area contributed by atoms with Gasteiger partial charge >= 0.3 is 0 Å². The molecule has 1 aromatic rings. The van der Waals surface area contributed by atoms with Crippen LogP contribution >= 0.6 is 11.6 Å². The highest BCUT2D eigenvalue weighted by atomic mass is 35.5. The molecule has 0 aliphatic carbocycles. The Labute approximate surface area is 89.5 Å². The standard InChI is InChI=1S/C11H14ClNO/c1-9(12)7-13-11-5-3-4-10(6-11)8-14-2/h3-6,13H,1,7-8H2,2H3. The monoisotopic (exact) mass is 211 g/mol. The van der Waals surface area contributed by atoms with Crippen LogP contribution in [0.4, 0.5) is 5.69 Å². The lowest BCUT2D eigenvalue weighted by molar-refractivity contribution is 0.185. The van der Waals surface area contributed by atoms with Crippen LogP contribution in [0.5, 0.6) is 0 Å². The van der Waals surface area contributed by atoms with E-state index in [1.165, 1.54) is 0 Å². The molecule has 0 saturated heterocycles. The molecule has 2 nitrogen and oxygen atoms in total. The first kappa shape index (κ1) is 11.1. The Morgan fingerprint density at radius 3 is 3.00 bits per heavy atom. The molecule has 14 heavy (non-hydrogen) atoms. The average molecular weight is 212 g/mol. The van der Waals surface area contributed by atoms with Gasteiger partial charge in [-0.05, 0) is 17.7 Å². The molecule has 0 spiro atoms. The Hall–Kier alpha value is -0.990. The lowest BCUT2D eigenvalue weighted by atomic mass is 10.2. The summed E-state index contributed by atoms with van der Waals surface area (Å²) in [5.41, 5.74) is 2.17. The van der Waals surface area contributed by atoms with Gasteiger partial charge in [0, 0.05) is 17.8 Å². The number of rotatable bonds is 5. The van der Waals surface area contributed by atoms with Crippen LogP contribution in [-0.4, -0.2) is 13.7 Å². The van der Waals surface area contributed by atoms with E-state index in [1.54, 1.807) is 7.11 Å². The average Bonchev–Trinajstić information content (AvgIpc) is 2.16. The lowest BCUT2D eigenvalue weighted by Gasteiger charge is -2.06. The Kier molecular flexibility index (Phi) is 4.50. The maximum absolute atomic E-state index is 5.65. The lowest BCUT2D eigenvalue weighted by Crippen LogP contribution is -2.01. The molecular formula is C11H14ClNO. The van der Waals surface area contributed by atoms with Gasteiger partial charge in [0.25, 0.3) is 0 Å². The SMILES string of the molecule is C=C(Cl)CNc1cccc(COC)c1. The van der Waals surface area contributed by atoms with E-state index in [9.17, 15) is 0 Å². The highest BCUT2D eigenvalue weighted by Gasteiger charge is 1.95. The summed E-state index contributed by atoms with van der Waals surface area (Å²) in [6, 6.07) is 8.01. The van der Waals surface area contributed by atoms with Gasteiger partial charge in [-0.2, -0.15) is 0 Å². The first-order chi connectivity index (χ1) is 6.72. The first-order valence-electron chi connectivity index (χ1n) is 4.37. The Morgan fingerprint density at radius 2 is 2.36 bits per heavy atom. The normalized spacial score (nSPS) is 9.86. The largest absolute Gasteiger partial charge is 0.380 e. The van der Waals surface area contributed by atoms with Crippen LogP contribution in [0.3, 0.4) is 0 Å². The van der Waals surface area contributed by atoms with Crippen LogP contribution in [-0.2, 0) is 11.3 Å². The van der Waals surface area contributed by atoms with Gasteiger partial charge in [-0.3, -0.25) is 0 Å². The number of methoxy groups -OCH3 is 1. The van der Waals surface area contributed by atoms with Crippen molar-refractivity contribution in [2.75, 3.05) is 19.0 Å². The minimum Gasteiger partial charge on any atom is -0.380 e. The van der Waals surface area contributed by atoms with Gasteiger partial charge in [0.05, 0.1) is 13.2 Å². The topological polar surface area (TPSA) is 21.3 Å². The number of halogens is 1. The number of benzene rings is 1. The second-order valence-corrected chi connectivity index (χ2v) is 3.54. The van der Waals surface area contributed by atoms with Gasteiger partial charge in [0.2, 0.25) is 0 Å². The predicted molar refractivity (Wildman–Crippen MR) is 60.6 cm³/mol. The molecule has 0 amide bonds. The maximum Gasteiger partial charge on any atom is 0.0713 e. The molecule has 76 valence electrons. The fourth-order valence-electron chi connectivity index (χ4n) is 1.14. The molecule has 0 radical (unpaired) electrons. The van der Waals surface area contributed by atoms with Gasteiger partial charge in [0.15, 0.2) is 0 Å². The van der Waals surface area contributed by atoms with Crippen LogP contribution in [0.1, 0.15) is 5.56 Å². The van der Waals surface area contributed by atoms with Crippen molar-refractivity contribution < 1.29 is 4.74 Å². The fourth-order valence-corrected chi connectivity index (χ4v) is 1.20. The molecule has 0 bridgehead atoms. The van der Waals surface area contributed by atoms with E-state index in [2.05, 4.69) is 11.9 Å². The third kappa shape index (κ3) is 3.81. The molecule has 0 aliphatic rings. The van der Waals surface area contributed by atoms with Crippen LogP contribution in [0.15, 0.2) is 35.9 Å². The van der Waals surface area contributed by atoms with Crippen LogP contribution in [0, 0.1) is 0 Å². The number of ether oxygens (including phenoxy) is 1. The van der Waals surface area contributed by atoms with Gasteiger partial charge in [-0.15, -0.1) is 0 Å². The number of hydrogen-bond donors (Lipinski definition) is 1. The molecule has 0 unspecified atom stereocenters. The minimum absolute atomic E-state index is 0.581. The molecule has 0 heterocycles. The summed E-state index contributed by atoms with van der Waals surface area (Å²) in [5, 5.41) is 3.76. The van der Waals surface area contributed by atoms with E-state index >= 15 is 0 Å². The van der Waals surface area contributed by atoms with Crippen molar-refractivity contribution in [1.82, 2.24) is 0 Å². The van der Waals surface area contributed by atoms with Crippen molar-refractivity contribution in [3.05, 3.63) is 41.4 Å². The zero-order valence-corrected chi connectivity index (χ0v) is 8.97. The van der Waals surface area contributed by atoms with Crippen molar-refractivity contribution in [3.8, 4) is 0 Å². The van der Waals surface area contributed by atoms with E-state index in [4.69, 9.17) is 16.3 Å². The molecule has 0 saturated carbocycles. The Morgan fingerprint density at radius 1 is 1.57 bits per heavy atom. The molecule has 0 atom stereocenters. The summed E-state index contributed by atoms with van der Waals surface area (Å²) in [4.78, 5) is 0. The first-order valence-corrected chi connectivity index (χ1v) is 4.75. The molecule has 1 aromatic carbocycles. The third-order valence-electron chi connectivity index (χ3n) is 1.72. The smallest absolute Gasteiger partial charge is 0.0713 e. The van der Waals surface area contributed by atoms with Crippen LogP contribution < -0.4 is 5.32 Å². The molecule has 0 fully saturated rings. The van der Waals surface area contributed by atoms with Crippen LogP contribution in [0.25, 0.3) is 0 Å². The van der Waals surface area contributed by atoms with Gasteiger partial charge in [-0.25, -0.2) is 0 Å². The molecule has 1 rings (SSSR count). The van der Waals surface area contributed by atoms with E-state index in [0.29, 0.717) is 18.2 Å². The van der Waals surface area contributed by atoms with E-state index in [0.717, 1.165) is 11.3 Å². The van der Waals surface area contributed by atoms with Crippen molar-refractivity contribution in [2.45, 2.75) is 6.61 Å².